The summed E-state index contributed by atoms with van der Waals surface area (Å²) in [4.78, 5) is 1.44. The molecule has 1 saturated heterocycles. The van der Waals surface area contributed by atoms with E-state index in [0.29, 0.717) is 5.69 Å². The van der Waals surface area contributed by atoms with E-state index in [4.69, 9.17) is 0 Å². The fourth-order valence-electron chi connectivity index (χ4n) is 2.38. The van der Waals surface area contributed by atoms with E-state index >= 15 is 0 Å². The number of anilines is 1. The van der Waals surface area contributed by atoms with E-state index in [2.05, 4.69) is 10.2 Å². The van der Waals surface area contributed by atoms with E-state index in [1.54, 1.807) is 0 Å². The van der Waals surface area contributed by atoms with Crippen LogP contribution < -0.4 is 5.32 Å². The molecule has 1 heterocycles. The number of hydrogen-bond donors (Lipinski definition) is 1. The molecular formula is C13H17F3N2O2S. The zero-order valence-electron chi connectivity index (χ0n) is 11.5. The number of hydrogen-bond acceptors (Lipinski definition) is 4. The number of benzene rings is 1. The second kappa shape index (κ2) is 5.84. The van der Waals surface area contributed by atoms with Gasteiger partial charge in [-0.25, -0.2) is 8.42 Å². The van der Waals surface area contributed by atoms with Gasteiger partial charge in [-0.1, -0.05) is 0 Å². The highest BCUT2D eigenvalue weighted by Crippen LogP contribution is 2.30. The van der Waals surface area contributed by atoms with E-state index in [1.165, 1.54) is 12.1 Å². The van der Waals surface area contributed by atoms with Gasteiger partial charge >= 0.3 is 5.51 Å². The summed E-state index contributed by atoms with van der Waals surface area (Å²) >= 11 is 0. The van der Waals surface area contributed by atoms with Gasteiger partial charge < -0.3 is 10.2 Å². The molecule has 1 atom stereocenters. The van der Waals surface area contributed by atoms with Gasteiger partial charge in [0, 0.05) is 18.3 Å². The first kappa shape index (κ1) is 16.1. The lowest BCUT2D eigenvalue weighted by atomic mass is 10.1. The van der Waals surface area contributed by atoms with Gasteiger partial charge in [0.2, 0.25) is 0 Å². The number of piperidine rings is 1. The van der Waals surface area contributed by atoms with Crippen molar-refractivity contribution in [3.05, 3.63) is 24.3 Å². The Balaban J connectivity index is 2.09. The lowest BCUT2D eigenvalue weighted by Gasteiger charge is -2.30. The summed E-state index contributed by atoms with van der Waals surface area (Å²) in [6, 6.07) is 4.92. The number of nitrogens with one attached hydrogen (secondary N) is 1. The third-order valence-electron chi connectivity index (χ3n) is 3.46. The first-order chi connectivity index (χ1) is 9.70. The van der Waals surface area contributed by atoms with Gasteiger partial charge in [-0.15, -0.1) is 0 Å². The Morgan fingerprint density at radius 3 is 2.38 bits per heavy atom. The van der Waals surface area contributed by atoms with E-state index in [-0.39, 0.29) is 6.04 Å². The van der Waals surface area contributed by atoms with Gasteiger partial charge in [0.25, 0.3) is 9.84 Å². The quantitative estimate of drug-likeness (QED) is 0.929. The fraction of sp³-hybridized carbons (Fsp3) is 0.538. The Labute approximate surface area is 121 Å². The van der Waals surface area contributed by atoms with E-state index in [1.807, 2.05) is 7.05 Å². The summed E-state index contributed by atoms with van der Waals surface area (Å²) in [5.74, 6) is 0. The number of alkyl halides is 3. The van der Waals surface area contributed by atoms with Gasteiger partial charge in [0.05, 0.1) is 4.90 Å². The zero-order chi connectivity index (χ0) is 15.7. The Bertz CT molecular complexity index is 584. The van der Waals surface area contributed by atoms with E-state index < -0.39 is 20.2 Å². The maximum Gasteiger partial charge on any atom is 0.501 e. The minimum absolute atomic E-state index is 0.217. The molecule has 0 radical (unpaired) electrons. The molecule has 118 valence electrons. The summed E-state index contributed by atoms with van der Waals surface area (Å²) in [7, 11) is -3.26. The van der Waals surface area contributed by atoms with Crippen LogP contribution in [0.2, 0.25) is 0 Å². The number of halogens is 3. The van der Waals surface area contributed by atoms with Gasteiger partial charge in [-0.3, -0.25) is 0 Å². The normalized spacial score (nSPS) is 21.2. The van der Waals surface area contributed by atoms with Crippen LogP contribution in [0.4, 0.5) is 18.9 Å². The first-order valence-electron chi connectivity index (χ1n) is 6.56. The molecule has 2 rings (SSSR count). The second-order valence-electron chi connectivity index (χ2n) is 5.22. The molecular weight excluding hydrogens is 305 g/mol. The van der Waals surface area contributed by atoms with Crippen molar-refractivity contribution in [3.63, 3.8) is 0 Å². The van der Waals surface area contributed by atoms with Gasteiger partial charge in [0.15, 0.2) is 0 Å². The highest BCUT2D eigenvalue weighted by atomic mass is 32.2. The number of likely N-dealkylation sites (tertiary alicyclic amines) is 1. The van der Waals surface area contributed by atoms with E-state index in [9.17, 15) is 21.6 Å². The average Bonchev–Trinajstić information content (AvgIpc) is 2.38. The Morgan fingerprint density at radius 1 is 1.24 bits per heavy atom. The van der Waals surface area contributed by atoms with E-state index in [0.717, 1.165) is 38.1 Å². The monoisotopic (exact) mass is 322 g/mol. The maximum absolute atomic E-state index is 12.4. The summed E-state index contributed by atoms with van der Waals surface area (Å²) in [6.07, 6.45) is 2.03. The SMILES string of the molecule is CN1CCCC(Nc2ccc(S(=O)(=O)C(F)(F)F)cc2)C1. The zero-order valence-corrected chi connectivity index (χ0v) is 12.3. The third-order valence-corrected chi connectivity index (χ3v) is 4.97. The van der Waals surface area contributed by atoms with Crippen molar-refractivity contribution in [2.24, 2.45) is 0 Å². The molecule has 21 heavy (non-hydrogen) atoms. The van der Waals surface area contributed by atoms with Crippen molar-refractivity contribution < 1.29 is 21.6 Å². The lowest BCUT2D eigenvalue weighted by molar-refractivity contribution is -0.0436. The fourth-order valence-corrected chi connectivity index (χ4v) is 3.15. The molecule has 8 heteroatoms. The topological polar surface area (TPSA) is 49.4 Å². The van der Waals surface area contributed by atoms with Gasteiger partial charge in [-0.2, -0.15) is 13.2 Å². The van der Waals surface area contributed by atoms with Crippen LogP contribution in [-0.2, 0) is 9.84 Å². The molecule has 0 amide bonds. The smallest absolute Gasteiger partial charge is 0.381 e. The molecule has 4 nitrogen and oxygen atoms in total. The summed E-state index contributed by atoms with van der Waals surface area (Å²) in [5.41, 5.74) is -4.65. The highest BCUT2D eigenvalue weighted by Gasteiger charge is 2.46. The van der Waals surface area contributed by atoms with Crippen molar-refractivity contribution in [2.45, 2.75) is 29.3 Å². The van der Waals surface area contributed by atoms with Crippen LogP contribution in [0.25, 0.3) is 0 Å². The predicted molar refractivity (Wildman–Crippen MR) is 73.8 cm³/mol. The van der Waals surface area contributed by atoms with Crippen LogP contribution in [-0.4, -0.2) is 45.0 Å². The summed E-state index contributed by atoms with van der Waals surface area (Å²) in [5, 5.41) is 3.21. The number of nitrogens with zero attached hydrogens (tertiary/aromatic N) is 1. The minimum atomic E-state index is -5.27. The van der Waals surface area contributed by atoms with Gasteiger partial charge in [-0.05, 0) is 50.7 Å². The molecule has 1 aliphatic rings. The molecule has 1 aliphatic heterocycles. The molecule has 0 bridgehead atoms. The predicted octanol–water partition coefficient (Wildman–Crippen LogP) is 2.49. The van der Waals surface area contributed by atoms with Crippen LogP contribution >= 0.6 is 0 Å². The molecule has 1 fully saturated rings. The first-order valence-corrected chi connectivity index (χ1v) is 8.05. The summed E-state index contributed by atoms with van der Waals surface area (Å²) in [6.45, 7) is 1.88. The summed E-state index contributed by atoms with van der Waals surface area (Å²) < 4.78 is 59.8. The highest BCUT2D eigenvalue weighted by molar-refractivity contribution is 7.92. The maximum atomic E-state index is 12.4. The van der Waals surface area contributed by atoms with Crippen LogP contribution in [0.5, 0.6) is 0 Å². The van der Waals surface area contributed by atoms with Crippen LogP contribution in [0.1, 0.15) is 12.8 Å². The molecule has 0 saturated carbocycles. The molecule has 1 aromatic rings. The standard InChI is InChI=1S/C13H17F3N2O2S/c1-18-8-2-3-11(9-18)17-10-4-6-12(7-5-10)21(19,20)13(14,15)16/h4-7,11,17H,2-3,8-9H2,1H3. The number of likely N-dealkylation sites (N-methyl/N-ethyl adjacent to an activating group) is 1. The minimum Gasteiger partial charge on any atom is -0.381 e. The molecule has 0 spiro atoms. The molecule has 1 aromatic carbocycles. The third kappa shape index (κ3) is 3.68. The Morgan fingerprint density at radius 2 is 1.86 bits per heavy atom. The molecule has 1 unspecified atom stereocenters. The van der Waals surface area contributed by atoms with Crippen molar-refractivity contribution >= 4 is 15.5 Å². The average molecular weight is 322 g/mol. The largest absolute Gasteiger partial charge is 0.501 e. The van der Waals surface area contributed by atoms with Gasteiger partial charge in [0.1, 0.15) is 0 Å². The second-order valence-corrected chi connectivity index (χ2v) is 7.16. The van der Waals surface area contributed by atoms with Crippen LogP contribution in [0, 0.1) is 0 Å². The van der Waals surface area contributed by atoms with Crippen molar-refractivity contribution in [3.8, 4) is 0 Å². The Kier molecular flexibility index (Phi) is 4.48. The number of rotatable bonds is 3. The molecule has 0 aliphatic carbocycles. The lowest BCUT2D eigenvalue weighted by Crippen LogP contribution is -2.39. The molecule has 0 aromatic heterocycles. The number of sulfone groups is 1. The molecule has 1 N–H and O–H groups in total. The van der Waals surface area contributed by atoms with Crippen LogP contribution in [0.15, 0.2) is 29.2 Å². The Hall–Kier alpha value is -1.28. The van der Waals surface area contributed by atoms with Crippen molar-refractivity contribution in [1.82, 2.24) is 4.90 Å². The van der Waals surface area contributed by atoms with Crippen LogP contribution in [0.3, 0.4) is 0 Å². The van der Waals surface area contributed by atoms with Crippen molar-refractivity contribution in [1.29, 1.82) is 0 Å². The van der Waals surface area contributed by atoms with Crippen molar-refractivity contribution in [2.75, 3.05) is 25.5 Å².